The van der Waals surface area contributed by atoms with E-state index in [1.807, 2.05) is 13.1 Å². The minimum Gasteiger partial charge on any atom is -0.350 e. The summed E-state index contributed by atoms with van der Waals surface area (Å²) in [6.07, 6.45) is 0.510. The van der Waals surface area contributed by atoms with Gasteiger partial charge in [0.1, 0.15) is 5.82 Å². The lowest BCUT2D eigenvalue weighted by atomic mass is 10.0. The van der Waals surface area contributed by atoms with Crippen molar-refractivity contribution in [3.63, 3.8) is 0 Å². The summed E-state index contributed by atoms with van der Waals surface area (Å²) in [6, 6.07) is 5.36. The quantitative estimate of drug-likeness (QED) is 0.873. The minimum atomic E-state index is -0.184. The number of benzene rings is 1. The fraction of sp³-hybridized carbons (Fsp3) is 0.538. The van der Waals surface area contributed by atoms with Gasteiger partial charge in [0.05, 0.1) is 13.2 Å². The molecule has 4 heteroatoms. The van der Waals surface area contributed by atoms with E-state index < -0.39 is 0 Å². The van der Waals surface area contributed by atoms with Gasteiger partial charge in [-0.05, 0) is 31.2 Å². The van der Waals surface area contributed by atoms with Crippen LogP contribution in [0.5, 0.6) is 0 Å². The van der Waals surface area contributed by atoms with Crippen molar-refractivity contribution in [1.29, 1.82) is 0 Å². The maximum atomic E-state index is 13.5. The molecule has 0 bridgehead atoms. The fourth-order valence-corrected chi connectivity index (χ4v) is 1.98. The van der Waals surface area contributed by atoms with Crippen molar-refractivity contribution < 1.29 is 13.9 Å². The summed E-state index contributed by atoms with van der Waals surface area (Å²) < 4.78 is 24.3. The van der Waals surface area contributed by atoms with Crippen molar-refractivity contribution in [2.24, 2.45) is 0 Å². The Hall–Kier alpha value is -0.970. The Morgan fingerprint density at radius 2 is 2.12 bits per heavy atom. The highest BCUT2D eigenvalue weighted by molar-refractivity contribution is 5.25. The Bertz CT molecular complexity index is 378. The molecule has 0 saturated carbocycles. The molecule has 1 N–H and O–H groups in total. The second-order valence-electron chi connectivity index (χ2n) is 4.26. The molecule has 1 aliphatic heterocycles. The average molecular weight is 239 g/mol. The number of hydrogen-bond acceptors (Lipinski definition) is 3. The lowest BCUT2D eigenvalue weighted by Crippen LogP contribution is -2.23. The number of rotatable bonds is 4. The lowest BCUT2D eigenvalue weighted by Gasteiger charge is -2.20. The van der Waals surface area contributed by atoms with Crippen LogP contribution >= 0.6 is 0 Å². The standard InChI is InChI=1S/C13H18FNO2/c1-9-3-4-10(7-11(9)14)12(15-2)8-13-16-5-6-17-13/h3-4,7,12-13,15H,5-6,8H2,1-2H3. The number of aryl methyl sites for hydroxylation is 1. The highest BCUT2D eigenvalue weighted by Crippen LogP contribution is 2.23. The van der Waals surface area contributed by atoms with Crippen LogP contribution in [-0.4, -0.2) is 26.6 Å². The van der Waals surface area contributed by atoms with Crippen LogP contribution in [0.1, 0.15) is 23.6 Å². The smallest absolute Gasteiger partial charge is 0.159 e. The van der Waals surface area contributed by atoms with Crippen LogP contribution < -0.4 is 5.32 Å². The van der Waals surface area contributed by atoms with Gasteiger partial charge in [-0.1, -0.05) is 12.1 Å². The first-order chi connectivity index (χ1) is 8.20. The van der Waals surface area contributed by atoms with Gasteiger partial charge in [-0.15, -0.1) is 0 Å². The molecule has 1 aromatic carbocycles. The van der Waals surface area contributed by atoms with Crippen LogP contribution in [-0.2, 0) is 9.47 Å². The Labute approximate surface area is 101 Å². The highest BCUT2D eigenvalue weighted by Gasteiger charge is 2.21. The summed E-state index contributed by atoms with van der Waals surface area (Å²) in [5.41, 5.74) is 1.59. The third kappa shape index (κ3) is 3.03. The average Bonchev–Trinajstić information content (AvgIpc) is 2.82. The van der Waals surface area contributed by atoms with Gasteiger partial charge in [0.2, 0.25) is 0 Å². The Balaban J connectivity index is 2.08. The third-order valence-corrected chi connectivity index (χ3v) is 3.07. The van der Waals surface area contributed by atoms with Crippen LogP contribution in [0.25, 0.3) is 0 Å². The molecule has 0 radical (unpaired) electrons. The Kier molecular flexibility index (Phi) is 4.10. The van der Waals surface area contributed by atoms with Gasteiger partial charge < -0.3 is 14.8 Å². The molecule has 1 atom stereocenters. The van der Waals surface area contributed by atoms with Crippen molar-refractivity contribution in [1.82, 2.24) is 5.32 Å². The molecule has 94 valence electrons. The van der Waals surface area contributed by atoms with Gasteiger partial charge in [-0.2, -0.15) is 0 Å². The van der Waals surface area contributed by atoms with Crippen molar-refractivity contribution in [2.45, 2.75) is 25.7 Å². The van der Waals surface area contributed by atoms with Crippen molar-refractivity contribution in [2.75, 3.05) is 20.3 Å². The molecule has 0 aliphatic carbocycles. The Morgan fingerprint density at radius 3 is 2.71 bits per heavy atom. The number of halogens is 1. The molecular weight excluding hydrogens is 221 g/mol. The maximum absolute atomic E-state index is 13.5. The first kappa shape index (κ1) is 12.5. The van der Waals surface area contributed by atoms with Gasteiger partial charge >= 0.3 is 0 Å². The maximum Gasteiger partial charge on any atom is 0.159 e. The van der Waals surface area contributed by atoms with E-state index >= 15 is 0 Å². The number of hydrogen-bond donors (Lipinski definition) is 1. The molecule has 1 unspecified atom stereocenters. The van der Waals surface area contributed by atoms with Gasteiger partial charge in [0.25, 0.3) is 0 Å². The van der Waals surface area contributed by atoms with Crippen LogP contribution in [0.3, 0.4) is 0 Å². The Morgan fingerprint density at radius 1 is 1.41 bits per heavy atom. The monoisotopic (exact) mass is 239 g/mol. The van der Waals surface area contributed by atoms with Crippen molar-refractivity contribution in [3.05, 3.63) is 35.1 Å². The second kappa shape index (κ2) is 5.58. The second-order valence-corrected chi connectivity index (χ2v) is 4.26. The molecule has 0 spiro atoms. The van der Waals surface area contributed by atoms with E-state index in [1.165, 1.54) is 0 Å². The molecule has 1 saturated heterocycles. The molecule has 1 aliphatic rings. The summed E-state index contributed by atoms with van der Waals surface area (Å²) in [7, 11) is 1.86. The van der Waals surface area contributed by atoms with Crippen LogP contribution in [0, 0.1) is 12.7 Å². The minimum absolute atomic E-state index is 0.0493. The highest BCUT2D eigenvalue weighted by atomic mass is 19.1. The molecule has 3 nitrogen and oxygen atoms in total. The van der Waals surface area contributed by atoms with Crippen LogP contribution in [0.2, 0.25) is 0 Å². The zero-order valence-corrected chi connectivity index (χ0v) is 10.2. The van der Waals surface area contributed by atoms with Gasteiger partial charge in [-0.25, -0.2) is 4.39 Å². The largest absolute Gasteiger partial charge is 0.350 e. The van der Waals surface area contributed by atoms with E-state index in [0.29, 0.717) is 25.2 Å². The molecule has 1 aromatic rings. The van der Waals surface area contributed by atoms with E-state index in [9.17, 15) is 4.39 Å². The third-order valence-electron chi connectivity index (χ3n) is 3.07. The van der Waals surface area contributed by atoms with E-state index in [-0.39, 0.29) is 18.1 Å². The van der Waals surface area contributed by atoms with Crippen LogP contribution in [0.15, 0.2) is 18.2 Å². The van der Waals surface area contributed by atoms with E-state index in [2.05, 4.69) is 5.32 Å². The molecule has 0 amide bonds. The zero-order valence-electron chi connectivity index (χ0n) is 10.2. The SMILES string of the molecule is CNC(CC1OCCO1)c1ccc(C)c(F)c1. The summed E-state index contributed by atoms with van der Waals surface area (Å²) >= 11 is 0. The van der Waals surface area contributed by atoms with Crippen LogP contribution in [0.4, 0.5) is 4.39 Å². The molecule has 17 heavy (non-hydrogen) atoms. The summed E-state index contributed by atoms with van der Waals surface area (Å²) in [5, 5.41) is 3.17. The molecule has 2 rings (SSSR count). The number of ether oxygens (including phenoxy) is 2. The summed E-state index contributed by atoms with van der Waals surface area (Å²) in [6.45, 7) is 3.05. The first-order valence-corrected chi connectivity index (χ1v) is 5.87. The topological polar surface area (TPSA) is 30.5 Å². The lowest BCUT2D eigenvalue weighted by molar-refractivity contribution is -0.0526. The van der Waals surface area contributed by atoms with Gasteiger partial charge in [0, 0.05) is 12.5 Å². The molecule has 0 aromatic heterocycles. The molecule has 1 heterocycles. The van der Waals surface area contributed by atoms with E-state index in [0.717, 1.165) is 5.56 Å². The normalized spacial score (nSPS) is 18.5. The van der Waals surface area contributed by atoms with Gasteiger partial charge in [0.15, 0.2) is 6.29 Å². The first-order valence-electron chi connectivity index (χ1n) is 5.87. The van der Waals surface area contributed by atoms with E-state index in [4.69, 9.17) is 9.47 Å². The fourth-order valence-electron chi connectivity index (χ4n) is 1.98. The summed E-state index contributed by atoms with van der Waals surface area (Å²) in [5.74, 6) is -0.170. The predicted molar refractivity (Wildman–Crippen MR) is 63.2 cm³/mol. The molecular formula is C13H18FNO2. The summed E-state index contributed by atoms with van der Waals surface area (Å²) in [4.78, 5) is 0. The van der Waals surface area contributed by atoms with Gasteiger partial charge in [-0.3, -0.25) is 0 Å². The van der Waals surface area contributed by atoms with Crippen molar-refractivity contribution in [3.8, 4) is 0 Å². The van der Waals surface area contributed by atoms with Crippen molar-refractivity contribution >= 4 is 0 Å². The zero-order chi connectivity index (χ0) is 12.3. The number of nitrogens with one attached hydrogen (secondary N) is 1. The predicted octanol–water partition coefficient (Wildman–Crippen LogP) is 2.16. The van der Waals surface area contributed by atoms with E-state index in [1.54, 1.807) is 19.1 Å². The molecule has 1 fully saturated rings.